The average molecular weight is 268 g/mol. The Balaban J connectivity index is 1.86. The fourth-order valence-electron chi connectivity index (χ4n) is 4.16. The molecule has 1 aromatic heterocycles. The number of hydrogen-bond donors (Lipinski definition) is 2. The molecule has 2 aromatic rings. The van der Waals surface area contributed by atoms with E-state index in [1.165, 1.54) is 22.2 Å². The molecule has 1 saturated heterocycles. The maximum atomic E-state index is 12.5. The van der Waals surface area contributed by atoms with Crippen LogP contribution in [0, 0.1) is 11.3 Å². The smallest absolute Gasteiger partial charge is 0.226 e. The molecule has 2 aliphatic rings. The van der Waals surface area contributed by atoms with Crippen molar-refractivity contribution in [2.24, 2.45) is 11.3 Å². The molecule has 1 fully saturated rings. The summed E-state index contributed by atoms with van der Waals surface area (Å²) in [6.07, 6.45) is 4.00. The lowest BCUT2D eigenvalue weighted by Crippen LogP contribution is -2.52. The van der Waals surface area contributed by atoms with Crippen molar-refractivity contribution in [3.63, 3.8) is 0 Å². The van der Waals surface area contributed by atoms with E-state index in [2.05, 4.69) is 41.5 Å². The van der Waals surface area contributed by atoms with Crippen LogP contribution in [-0.2, 0) is 17.6 Å². The molecule has 20 heavy (non-hydrogen) atoms. The summed E-state index contributed by atoms with van der Waals surface area (Å²) in [7, 11) is 0. The van der Waals surface area contributed by atoms with Gasteiger partial charge < -0.3 is 10.3 Å². The summed E-state index contributed by atoms with van der Waals surface area (Å²) < 4.78 is 0. The monoisotopic (exact) mass is 268 g/mol. The number of fused-ring (bicyclic) bond motifs is 3. The molecule has 1 amide bonds. The minimum absolute atomic E-state index is 0.184. The molecule has 104 valence electrons. The van der Waals surface area contributed by atoms with Crippen molar-refractivity contribution in [3.8, 4) is 0 Å². The van der Waals surface area contributed by atoms with Gasteiger partial charge >= 0.3 is 0 Å². The van der Waals surface area contributed by atoms with E-state index in [0.717, 1.165) is 32.2 Å². The molecule has 2 N–H and O–H groups in total. The maximum Gasteiger partial charge on any atom is 0.226 e. The molecule has 0 saturated carbocycles. The lowest BCUT2D eigenvalue weighted by Gasteiger charge is -2.43. The highest BCUT2D eigenvalue weighted by atomic mass is 16.2. The minimum atomic E-state index is -0.184. The van der Waals surface area contributed by atoms with Crippen LogP contribution in [0.5, 0.6) is 0 Å². The van der Waals surface area contributed by atoms with Crippen molar-refractivity contribution >= 4 is 16.8 Å². The number of carbonyl (C=O) groups excluding carboxylic acids is 1. The second kappa shape index (κ2) is 4.11. The van der Waals surface area contributed by atoms with E-state index in [4.69, 9.17) is 0 Å². The topological polar surface area (TPSA) is 44.9 Å². The van der Waals surface area contributed by atoms with Gasteiger partial charge in [0.05, 0.1) is 5.41 Å². The predicted molar refractivity (Wildman–Crippen MR) is 79.5 cm³/mol. The van der Waals surface area contributed by atoms with Crippen LogP contribution in [0.3, 0.4) is 0 Å². The van der Waals surface area contributed by atoms with Crippen LogP contribution in [-0.4, -0.2) is 17.4 Å². The Bertz CT molecular complexity index is 687. The number of nitrogens with one attached hydrogen (secondary N) is 2. The van der Waals surface area contributed by atoms with Gasteiger partial charge in [-0.25, -0.2) is 0 Å². The molecular weight excluding hydrogens is 248 g/mol. The number of carbonyl (C=O) groups is 1. The third-order valence-corrected chi connectivity index (χ3v) is 5.39. The van der Waals surface area contributed by atoms with E-state index in [1.54, 1.807) is 0 Å². The van der Waals surface area contributed by atoms with Gasteiger partial charge in [-0.2, -0.15) is 0 Å². The van der Waals surface area contributed by atoms with Gasteiger partial charge in [0.1, 0.15) is 0 Å². The minimum Gasteiger partial charge on any atom is -0.358 e. The SMILES string of the molecule is C[C@H]1Cc2[nH]c3ccccc3c2C[C@]12CCCNC2=O. The number of aromatic amines is 1. The van der Waals surface area contributed by atoms with E-state index in [1.807, 2.05) is 0 Å². The van der Waals surface area contributed by atoms with Crippen molar-refractivity contribution in [2.75, 3.05) is 6.54 Å². The second-order valence-corrected chi connectivity index (χ2v) is 6.43. The zero-order valence-electron chi connectivity index (χ0n) is 11.8. The number of H-pyrrole nitrogens is 1. The average Bonchev–Trinajstić information content (AvgIpc) is 2.80. The molecule has 0 unspecified atom stereocenters. The van der Waals surface area contributed by atoms with Crippen molar-refractivity contribution in [1.82, 2.24) is 10.3 Å². The normalized spacial score (nSPS) is 29.4. The van der Waals surface area contributed by atoms with Gasteiger partial charge in [0.2, 0.25) is 5.91 Å². The summed E-state index contributed by atoms with van der Waals surface area (Å²) in [5.41, 5.74) is 3.73. The van der Waals surface area contributed by atoms with Gasteiger partial charge in [0, 0.05) is 23.1 Å². The van der Waals surface area contributed by atoms with Gasteiger partial charge in [-0.05, 0) is 43.2 Å². The molecule has 2 atom stereocenters. The van der Waals surface area contributed by atoms with Crippen LogP contribution in [0.1, 0.15) is 31.0 Å². The highest BCUT2D eigenvalue weighted by molar-refractivity contribution is 5.89. The predicted octanol–water partition coefficient (Wildman–Crippen LogP) is 2.80. The fraction of sp³-hybridized carbons (Fsp3) is 0.471. The molecule has 0 radical (unpaired) electrons. The van der Waals surface area contributed by atoms with Crippen LogP contribution in [0.15, 0.2) is 24.3 Å². The molecule has 1 aliphatic heterocycles. The Hall–Kier alpha value is -1.77. The largest absolute Gasteiger partial charge is 0.358 e. The van der Waals surface area contributed by atoms with Crippen molar-refractivity contribution in [3.05, 3.63) is 35.5 Å². The number of para-hydroxylation sites is 1. The van der Waals surface area contributed by atoms with Crippen molar-refractivity contribution in [1.29, 1.82) is 0 Å². The first kappa shape index (κ1) is 12.0. The van der Waals surface area contributed by atoms with E-state index >= 15 is 0 Å². The molecule has 0 bridgehead atoms. The van der Waals surface area contributed by atoms with Crippen molar-refractivity contribution < 1.29 is 4.79 Å². The number of hydrogen-bond acceptors (Lipinski definition) is 1. The van der Waals surface area contributed by atoms with Gasteiger partial charge in [0.15, 0.2) is 0 Å². The molecule has 1 aliphatic carbocycles. The number of aromatic nitrogens is 1. The first-order valence-electron chi connectivity index (χ1n) is 7.57. The molecular formula is C17H20N2O. The van der Waals surface area contributed by atoms with Gasteiger partial charge in [-0.1, -0.05) is 25.1 Å². The first-order valence-corrected chi connectivity index (χ1v) is 7.57. The van der Waals surface area contributed by atoms with Crippen LogP contribution in [0.2, 0.25) is 0 Å². The van der Waals surface area contributed by atoms with Gasteiger partial charge in [-0.3, -0.25) is 4.79 Å². The Morgan fingerprint density at radius 2 is 2.15 bits per heavy atom. The summed E-state index contributed by atoms with van der Waals surface area (Å²) in [4.78, 5) is 16.1. The molecule has 2 heterocycles. The fourth-order valence-corrected chi connectivity index (χ4v) is 4.16. The van der Waals surface area contributed by atoms with Crippen molar-refractivity contribution in [2.45, 2.75) is 32.6 Å². The number of amides is 1. The second-order valence-electron chi connectivity index (χ2n) is 6.43. The van der Waals surface area contributed by atoms with E-state index < -0.39 is 0 Å². The Labute approximate surface area is 118 Å². The highest BCUT2D eigenvalue weighted by Crippen LogP contribution is 2.46. The maximum absolute atomic E-state index is 12.5. The van der Waals surface area contributed by atoms with E-state index in [9.17, 15) is 4.79 Å². The Kier molecular flexibility index (Phi) is 2.47. The van der Waals surface area contributed by atoms with Crippen LogP contribution in [0.25, 0.3) is 10.9 Å². The molecule has 3 nitrogen and oxygen atoms in total. The summed E-state index contributed by atoms with van der Waals surface area (Å²) in [5.74, 6) is 0.676. The molecule has 1 spiro atoms. The van der Waals surface area contributed by atoms with Gasteiger partial charge in [0.25, 0.3) is 0 Å². The Morgan fingerprint density at radius 3 is 3.00 bits per heavy atom. The zero-order valence-corrected chi connectivity index (χ0v) is 11.8. The summed E-state index contributed by atoms with van der Waals surface area (Å²) >= 11 is 0. The lowest BCUT2D eigenvalue weighted by atomic mass is 9.62. The third-order valence-electron chi connectivity index (χ3n) is 5.39. The quantitative estimate of drug-likeness (QED) is 0.758. The number of rotatable bonds is 0. The number of piperidine rings is 1. The van der Waals surface area contributed by atoms with E-state index in [-0.39, 0.29) is 11.3 Å². The van der Waals surface area contributed by atoms with Gasteiger partial charge in [-0.15, -0.1) is 0 Å². The highest BCUT2D eigenvalue weighted by Gasteiger charge is 2.48. The summed E-state index contributed by atoms with van der Waals surface area (Å²) in [6, 6.07) is 8.46. The molecule has 1 aromatic carbocycles. The first-order chi connectivity index (χ1) is 9.71. The summed E-state index contributed by atoms with van der Waals surface area (Å²) in [6.45, 7) is 3.08. The van der Waals surface area contributed by atoms with Crippen LogP contribution < -0.4 is 5.32 Å². The number of benzene rings is 1. The van der Waals surface area contributed by atoms with Crippen LogP contribution in [0.4, 0.5) is 0 Å². The molecule has 4 rings (SSSR count). The zero-order chi connectivity index (χ0) is 13.7. The Morgan fingerprint density at radius 1 is 1.30 bits per heavy atom. The lowest BCUT2D eigenvalue weighted by molar-refractivity contribution is -0.137. The van der Waals surface area contributed by atoms with Crippen LogP contribution >= 0.6 is 0 Å². The standard InChI is InChI=1S/C17H20N2O/c1-11-9-15-13(12-5-2-3-6-14(12)19-15)10-17(11)7-4-8-18-16(17)20/h2-3,5-6,11,19H,4,7-10H2,1H3,(H,18,20)/t11-,17+/m0/s1. The third kappa shape index (κ3) is 1.49. The van der Waals surface area contributed by atoms with E-state index in [0.29, 0.717) is 5.92 Å². The molecule has 3 heteroatoms. The summed E-state index contributed by atoms with van der Waals surface area (Å²) in [5, 5.41) is 4.39.